The highest BCUT2D eigenvalue weighted by Crippen LogP contribution is 2.34. The van der Waals surface area contributed by atoms with E-state index in [0.29, 0.717) is 11.8 Å². The Balaban J connectivity index is 1.74. The van der Waals surface area contributed by atoms with E-state index in [0.717, 1.165) is 28.2 Å². The van der Waals surface area contributed by atoms with Crippen LogP contribution in [-0.4, -0.2) is 16.1 Å². The normalized spacial score (nSPS) is 11.4. The minimum Gasteiger partial charge on any atom is -0.340 e. The fraction of sp³-hybridized carbons (Fsp3) is 0.118. The van der Waals surface area contributed by atoms with Crippen LogP contribution in [0.4, 0.5) is 17.6 Å². The van der Waals surface area contributed by atoms with Crippen molar-refractivity contribution in [1.29, 1.82) is 0 Å². The van der Waals surface area contributed by atoms with Crippen LogP contribution in [0, 0.1) is 5.82 Å². The number of nitrogens with one attached hydrogen (secondary N) is 1. The number of benzene rings is 1. The Hall–Kier alpha value is -3.01. The SMILES string of the molecule is O=C(NCc1cccc[n+]1O)c1csc(-c2ccc(C(F)(F)F)c(F)c2)n1. The van der Waals surface area contributed by atoms with Crippen molar-refractivity contribution in [1.82, 2.24) is 10.3 Å². The summed E-state index contributed by atoms with van der Waals surface area (Å²) in [6, 6.07) is 7.39. The van der Waals surface area contributed by atoms with Crippen LogP contribution in [0.2, 0.25) is 0 Å². The monoisotopic (exact) mass is 398 g/mol. The number of alkyl halides is 3. The van der Waals surface area contributed by atoms with E-state index >= 15 is 0 Å². The van der Waals surface area contributed by atoms with Gasteiger partial charge in [-0.05, 0) is 18.2 Å². The highest BCUT2D eigenvalue weighted by molar-refractivity contribution is 7.13. The molecule has 10 heteroatoms. The van der Waals surface area contributed by atoms with Crippen molar-refractivity contribution in [3.63, 3.8) is 0 Å². The lowest BCUT2D eigenvalue weighted by Gasteiger charge is -2.08. The molecule has 1 aromatic carbocycles. The van der Waals surface area contributed by atoms with Gasteiger partial charge in [-0.3, -0.25) is 10.0 Å². The van der Waals surface area contributed by atoms with E-state index in [9.17, 15) is 27.6 Å². The maximum Gasteiger partial charge on any atom is 0.419 e. The summed E-state index contributed by atoms with van der Waals surface area (Å²) < 4.78 is 52.4. The third kappa shape index (κ3) is 4.22. The van der Waals surface area contributed by atoms with E-state index in [1.807, 2.05) is 0 Å². The van der Waals surface area contributed by atoms with Crippen LogP contribution < -0.4 is 10.0 Å². The first-order valence-electron chi connectivity index (χ1n) is 7.55. The lowest BCUT2D eigenvalue weighted by Crippen LogP contribution is -2.38. The number of hydrogen-bond acceptors (Lipinski definition) is 4. The van der Waals surface area contributed by atoms with Crippen LogP contribution in [-0.2, 0) is 12.7 Å². The maximum absolute atomic E-state index is 13.7. The number of carbonyl (C=O) groups is 1. The third-order valence-corrected chi connectivity index (χ3v) is 4.50. The molecule has 2 aromatic heterocycles. The lowest BCUT2D eigenvalue weighted by atomic mass is 10.1. The van der Waals surface area contributed by atoms with Crippen LogP contribution in [0.25, 0.3) is 10.6 Å². The molecule has 0 unspecified atom stereocenters. The first-order valence-corrected chi connectivity index (χ1v) is 8.43. The number of carbonyl (C=O) groups excluding carboxylic acids is 1. The van der Waals surface area contributed by atoms with E-state index in [1.54, 1.807) is 18.2 Å². The van der Waals surface area contributed by atoms with Crippen LogP contribution in [0.5, 0.6) is 0 Å². The fourth-order valence-corrected chi connectivity index (χ4v) is 3.06. The van der Waals surface area contributed by atoms with Crippen molar-refractivity contribution < 1.29 is 32.3 Å². The first-order chi connectivity index (χ1) is 12.8. The Morgan fingerprint density at radius 2 is 2.04 bits per heavy atom. The smallest absolute Gasteiger partial charge is 0.340 e. The van der Waals surface area contributed by atoms with Gasteiger partial charge in [0.1, 0.15) is 23.1 Å². The Bertz CT molecular complexity index is 988. The Kier molecular flexibility index (Phi) is 5.08. The topological polar surface area (TPSA) is 66.1 Å². The second kappa shape index (κ2) is 7.31. The van der Waals surface area contributed by atoms with Gasteiger partial charge in [-0.1, -0.05) is 6.07 Å². The van der Waals surface area contributed by atoms with Crippen molar-refractivity contribution in [3.05, 3.63) is 70.7 Å². The lowest BCUT2D eigenvalue weighted by molar-refractivity contribution is -0.909. The number of rotatable bonds is 4. The molecule has 0 aliphatic heterocycles. The van der Waals surface area contributed by atoms with Crippen molar-refractivity contribution >= 4 is 17.2 Å². The molecule has 1 amide bonds. The van der Waals surface area contributed by atoms with Crippen LogP contribution in [0.3, 0.4) is 0 Å². The van der Waals surface area contributed by atoms with Crippen molar-refractivity contribution in [3.8, 4) is 10.6 Å². The molecule has 0 radical (unpaired) electrons. The van der Waals surface area contributed by atoms with Gasteiger partial charge in [-0.15, -0.1) is 11.3 Å². The van der Waals surface area contributed by atoms with Gasteiger partial charge in [0.2, 0.25) is 6.20 Å². The molecule has 0 aliphatic rings. The molecule has 2 heterocycles. The molecule has 27 heavy (non-hydrogen) atoms. The second-order valence-electron chi connectivity index (χ2n) is 5.45. The van der Waals surface area contributed by atoms with E-state index in [2.05, 4.69) is 10.3 Å². The zero-order valence-corrected chi connectivity index (χ0v) is 14.3. The summed E-state index contributed by atoms with van der Waals surface area (Å²) in [6.07, 6.45) is -3.38. The van der Waals surface area contributed by atoms with Gasteiger partial charge in [0.15, 0.2) is 0 Å². The number of amides is 1. The molecule has 0 aliphatic carbocycles. The first kappa shape index (κ1) is 18.8. The van der Waals surface area contributed by atoms with Gasteiger partial charge < -0.3 is 5.32 Å². The van der Waals surface area contributed by atoms with Gasteiger partial charge in [0.05, 0.1) is 5.56 Å². The van der Waals surface area contributed by atoms with E-state index in [4.69, 9.17) is 0 Å². The second-order valence-corrected chi connectivity index (χ2v) is 6.31. The summed E-state index contributed by atoms with van der Waals surface area (Å²) >= 11 is 1.00. The molecule has 0 fully saturated rings. The molecule has 0 spiro atoms. The Morgan fingerprint density at radius 3 is 2.70 bits per heavy atom. The Labute approximate surface area is 154 Å². The largest absolute Gasteiger partial charge is 0.419 e. The summed E-state index contributed by atoms with van der Waals surface area (Å²) in [5, 5.41) is 13.8. The molecule has 0 saturated heterocycles. The van der Waals surface area contributed by atoms with Gasteiger partial charge in [0.25, 0.3) is 11.6 Å². The van der Waals surface area contributed by atoms with Crippen molar-refractivity contribution in [2.24, 2.45) is 0 Å². The van der Waals surface area contributed by atoms with Crippen LogP contribution in [0.1, 0.15) is 21.7 Å². The summed E-state index contributed by atoms with van der Waals surface area (Å²) in [7, 11) is 0. The molecular formula is C17H12F4N3O2S+. The van der Waals surface area contributed by atoms with E-state index in [1.165, 1.54) is 11.6 Å². The van der Waals surface area contributed by atoms with Gasteiger partial charge in [0, 0.05) is 27.8 Å². The van der Waals surface area contributed by atoms with E-state index < -0.39 is 23.5 Å². The van der Waals surface area contributed by atoms with Gasteiger partial charge in [-0.2, -0.15) is 13.2 Å². The van der Waals surface area contributed by atoms with Crippen molar-refractivity contribution in [2.45, 2.75) is 12.7 Å². The standard InChI is InChI=1S/C17H11F4N3O2S/c18-13-7-10(4-5-12(13)17(19,20)21)16-23-14(9-27-16)15(25)22-8-11-3-1-2-6-24(11)26/h1-7,9H,8H2,(H-,22,25,26)/p+1. The average molecular weight is 398 g/mol. The molecule has 5 nitrogen and oxygen atoms in total. The zero-order chi connectivity index (χ0) is 19.6. The summed E-state index contributed by atoms with van der Waals surface area (Å²) in [5.41, 5.74) is -0.747. The van der Waals surface area contributed by atoms with Crippen LogP contribution >= 0.6 is 11.3 Å². The van der Waals surface area contributed by atoms with Gasteiger partial charge in [-0.25, -0.2) is 9.37 Å². The molecule has 0 bridgehead atoms. The number of halogens is 4. The zero-order valence-electron chi connectivity index (χ0n) is 13.5. The highest BCUT2D eigenvalue weighted by Gasteiger charge is 2.34. The maximum atomic E-state index is 13.7. The third-order valence-electron chi connectivity index (χ3n) is 3.61. The summed E-state index contributed by atoms with van der Waals surface area (Å²) in [6.45, 7) is 0.0396. The Morgan fingerprint density at radius 1 is 1.26 bits per heavy atom. The molecule has 3 aromatic rings. The summed E-state index contributed by atoms with van der Waals surface area (Å²) in [5.74, 6) is -1.94. The molecule has 3 rings (SSSR count). The molecular weight excluding hydrogens is 386 g/mol. The number of nitrogens with zero attached hydrogens (tertiary/aromatic N) is 2. The molecule has 0 atom stereocenters. The van der Waals surface area contributed by atoms with Gasteiger partial charge >= 0.3 is 6.18 Å². The molecule has 2 N–H and O–H groups in total. The van der Waals surface area contributed by atoms with Crippen LogP contribution in [0.15, 0.2) is 48.0 Å². The minimum atomic E-state index is -4.78. The molecule has 0 saturated carbocycles. The van der Waals surface area contributed by atoms with Crippen molar-refractivity contribution in [2.75, 3.05) is 0 Å². The quantitative estimate of drug-likeness (QED) is 0.402. The number of aromatic nitrogens is 2. The highest BCUT2D eigenvalue weighted by atomic mass is 32.1. The fourth-order valence-electron chi connectivity index (χ4n) is 2.26. The minimum absolute atomic E-state index is 0.0377. The number of thiazole rings is 1. The number of hydrogen-bond donors (Lipinski definition) is 2. The number of pyridine rings is 1. The molecule has 140 valence electrons. The predicted octanol–water partition coefficient (Wildman–Crippen LogP) is 3.42. The average Bonchev–Trinajstić information content (AvgIpc) is 3.10. The predicted molar refractivity (Wildman–Crippen MR) is 87.5 cm³/mol. The summed E-state index contributed by atoms with van der Waals surface area (Å²) in [4.78, 5) is 16.2. The van der Waals surface area contributed by atoms with E-state index in [-0.39, 0.29) is 22.8 Å².